The van der Waals surface area contributed by atoms with Gasteiger partial charge in [-0.3, -0.25) is 14.2 Å². The fourth-order valence-electron chi connectivity index (χ4n) is 3.73. The van der Waals surface area contributed by atoms with Crippen LogP contribution in [0.4, 0.5) is 11.6 Å². The quantitative estimate of drug-likeness (QED) is 0.576. The molecule has 3 aromatic rings. The standard InChI is InChI=1S/C20H23N5O5/c1-4-30-14-8-6-13(7-9-14)23-10-5-11-24-16-17(21-19(23)24)22(2)20(28)25(18(16)27)12-15(26)29-3/h6-9H,4-5,10-12H2,1-3H3. The van der Waals surface area contributed by atoms with Crippen LogP contribution in [0.2, 0.25) is 0 Å². The molecule has 0 radical (unpaired) electrons. The van der Waals surface area contributed by atoms with Crippen LogP contribution in [0.1, 0.15) is 13.3 Å². The summed E-state index contributed by atoms with van der Waals surface area (Å²) in [6.07, 6.45) is 0.797. The van der Waals surface area contributed by atoms with Crippen LogP contribution in [-0.4, -0.2) is 44.9 Å². The average molecular weight is 413 g/mol. The van der Waals surface area contributed by atoms with E-state index in [1.54, 1.807) is 0 Å². The summed E-state index contributed by atoms with van der Waals surface area (Å²) in [7, 11) is 2.75. The first-order chi connectivity index (χ1) is 14.5. The Balaban J connectivity index is 1.86. The van der Waals surface area contributed by atoms with Crippen molar-refractivity contribution in [2.45, 2.75) is 26.4 Å². The number of aromatic nitrogens is 4. The van der Waals surface area contributed by atoms with Gasteiger partial charge in [0.1, 0.15) is 12.3 Å². The molecule has 0 unspecified atom stereocenters. The molecule has 158 valence electrons. The first kappa shape index (κ1) is 19.7. The average Bonchev–Trinajstić information content (AvgIpc) is 3.16. The Kier molecular flexibility index (Phi) is 5.06. The number of methoxy groups -OCH3 is 1. The van der Waals surface area contributed by atoms with Crippen molar-refractivity contribution in [1.82, 2.24) is 18.7 Å². The monoisotopic (exact) mass is 413 g/mol. The highest BCUT2D eigenvalue weighted by molar-refractivity contribution is 5.77. The summed E-state index contributed by atoms with van der Waals surface area (Å²) in [5, 5.41) is 0. The van der Waals surface area contributed by atoms with Gasteiger partial charge in [0.15, 0.2) is 11.2 Å². The van der Waals surface area contributed by atoms with Crippen LogP contribution in [0.5, 0.6) is 5.75 Å². The van der Waals surface area contributed by atoms with Crippen molar-refractivity contribution in [3.63, 3.8) is 0 Å². The summed E-state index contributed by atoms with van der Waals surface area (Å²) in [5.74, 6) is 0.700. The Hall–Kier alpha value is -3.56. The zero-order chi connectivity index (χ0) is 21.4. The number of carbonyl (C=O) groups is 1. The predicted octanol–water partition coefficient (Wildman–Crippen LogP) is 1.01. The molecule has 2 aromatic heterocycles. The number of benzene rings is 1. The van der Waals surface area contributed by atoms with E-state index in [0.717, 1.165) is 29.0 Å². The van der Waals surface area contributed by atoms with Crippen LogP contribution in [0, 0.1) is 0 Å². The Bertz CT molecular complexity index is 1220. The lowest BCUT2D eigenvalue weighted by molar-refractivity contribution is -0.141. The Morgan fingerprint density at radius 2 is 1.90 bits per heavy atom. The van der Waals surface area contributed by atoms with Crippen molar-refractivity contribution in [1.29, 1.82) is 0 Å². The van der Waals surface area contributed by atoms with Gasteiger partial charge in [0.2, 0.25) is 5.95 Å². The summed E-state index contributed by atoms with van der Waals surface area (Å²) in [6.45, 7) is 3.39. The first-order valence-corrected chi connectivity index (χ1v) is 9.73. The lowest BCUT2D eigenvalue weighted by Gasteiger charge is -2.29. The lowest BCUT2D eigenvalue weighted by atomic mass is 10.2. The van der Waals surface area contributed by atoms with Gasteiger partial charge in [0.25, 0.3) is 5.56 Å². The molecule has 0 amide bonds. The van der Waals surface area contributed by atoms with E-state index in [1.807, 2.05) is 40.7 Å². The molecule has 0 saturated heterocycles. The number of imidazole rings is 1. The van der Waals surface area contributed by atoms with E-state index < -0.39 is 23.8 Å². The molecular formula is C20H23N5O5. The van der Waals surface area contributed by atoms with E-state index in [-0.39, 0.29) is 0 Å². The largest absolute Gasteiger partial charge is 0.494 e. The number of hydrogen-bond donors (Lipinski definition) is 0. The molecule has 1 aromatic carbocycles. The van der Waals surface area contributed by atoms with E-state index >= 15 is 0 Å². The van der Waals surface area contributed by atoms with E-state index in [9.17, 15) is 14.4 Å². The van der Waals surface area contributed by atoms with Crippen molar-refractivity contribution in [3.8, 4) is 5.75 Å². The highest BCUT2D eigenvalue weighted by atomic mass is 16.5. The van der Waals surface area contributed by atoms with Gasteiger partial charge in [-0.05, 0) is 37.6 Å². The highest BCUT2D eigenvalue weighted by Crippen LogP contribution is 2.31. The number of carbonyl (C=O) groups excluding carboxylic acids is 1. The molecule has 0 N–H and O–H groups in total. The second-order valence-corrected chi connectivity index (χ2v) is 6.98. The van der Waals surface area contributed by atoms with Crippen LogP contribution in [0.25, 0.3) is 11.2 Å². The molecule has 0 spiro atoms. The zero-order valence-corrected chi connectivity index (χ0v) is 17.1. The molecule has 10 nitrogen and oxygen atoms in total. The maximum atomic E-state index is 13.1. The van der Waals surface area contributed by atoms with Crippen LogP contribution in [0.15, 0.2) is 33.9 Å². The van der Waals surface area contributed by atoms with Crippen molar-refractivity contribution in [2.75, 3.05) is 25.2 Å². The summed E-state index contributed by atoms with van der Waals surface area (Å²) < 4.78 is 14.1. The Morgan fingerprint density at radius 1 is 1.17 bits per heavy atom. The zero-order valence-electron chi connectivity index (χ0n) is 17.1. The number of esters is 1. The first-order valence-electron chi connectivity index (χ1n) is 9.73. The number of hydrogen-bond acceptors (Lipinski definition) is 7. The predicted molar refractivity (Wildman–Crippen MR) is 110 cm³/mol. The van der Waals surface area contributed by atoms with Crippen LogP contribution < -0.4 is 20.9 Å². The Labute approximate surface area is 171 Å². The van der Waals surface area contributed by atoms with Gasteiger partial charge in [-0.1, -0.05) is 0 Å². The third-order valence-electron chi connectivity index (χ3n) is 5.19. The van der Waals surface area contributed by atoms with E-state index in [0.29, 0.717) is 30.3 Å². The van der Waals surface area contributed by atoms with Gasteiger partial charge in [-0.2, -0.15) is 4.98 Å². The molecule has 10 heteroatoms. The van der Waals surface area contributed by atoms with Gasteiger partial charge in [0, 0.05) is 25.8 Å². The van der Waals surface area contributed by atoms with E-state index in [4.69, 9.17) is 4.74 Å². The van der Waals surface area contributed by atoms with Gasteiger partial charge < -0.3 is 18.9 Å². The van der Waals surface area contributed by atoms with Crippen molar-refractivity contribution < 1.29 is 14.3 Å². The number of anilines is 2. The maximum Gasteiger partial charge on any atom is 0.333 e. The third kappa shape index (κ3) is 3.14. The van der Waals surface area contributed by atoms with Gasteiger partial charge >= 0.3 is 11.7 Å². The summed E-state index contributed by atoms with van der Waals surface area (Å²) >= 11 is 0. The fourth-order valence-corrected chi connectivity index (χ4v) is 3.73. The number of nitrogens with zero attached hydrogens (tertiary/aromatic N) is 5. The van der Waals surface area contributed by atoms with E-state index in [2.05, 4.69) is 9.72 Å². The van der Waals surface area contributed by atoms with Crippen molar-refractivity contribution in [3.05, 3.63) is 45.1 Å². The van der Waals surface area contributed by atoms with Crippen molar-refractivity contribution >= 4 is 28.8 Å². The molecule has 0 bridgehead atoms. The fraction of sp³-hybridized carbons (Fsp3) is 0.400. The minimum atomic E-state index is -0.664. The smallest absolute Gasteiger partial charge is 0.333 e. The summed E-state index contributed by atoms with van der Waals surface area (Å²) in [4.78, 5) is 44.1. The molecule has 0 fully saturated rings. The highest BCUT2D eigenvalue weighted by Gasteiger charge is 2.27. The van der Waals surface area contributed by atoms with Crippen LogP contribution in [-0.2, 0) is 29.7 Å². The Morgan fingerprint density at radius 3 is 2.57 bits per heavy atom. The minimum absolute atomic E-state index is 0.291. The molecule has 3 heterocycles. The second-order valence-electron chi connectivity index (χ2n) is 6.98. The van der Waals surface area contributed by atoms with Crippen LogP contribution >= 0.6 is 0 Å². The van der Waals surface area contributed by atoms with Gasteiger partial charge in [-0.15, -0.1) is 0 Å². The summed E-state index contributed by atoms with van der Waals surface area (Å²) in [6, 6.07) is 7.65. The molecular weight excluding hydrogens is 390 g/mol. The number of aryl methyl sites for hydroxylation is 2. The minimum Gasteiger partial charge on any atom is -0.494 e. The molecule has 1 aliphatic rings. The number of rotatable bonds is 5. The topological polar surface area (TPSA) is 101 Å². The van der Waals surface area contributed by atoms with Gasteiger partial charge in [0.05, 0.1) is 13.7 Å². The molecule has 0 saturated carbocycles. The second kappa shape index (κ2) is 7.69. The normalized spacial score (nSPS) is 13.4. The molecule has 0 aliphatic carbocycles. The molecule has 1 aliphatic heterocycles. The molecule has 30 heavy (non-hydrogen) atoms. The number of fused-ring (bicyclic) bond motifs is 3. The maximum absolute atomic E-state index is 13.1. The van der Waals surface area contributed by atoms with Crippen LogP contribution in [0.3, 0.4) is 0 Å². The third-order valence-corrected chi connectivity index (χ3v) is 5.19. The molecule has 0 atom stereocenters. The number of ether oxygens (including phenoxy) is 2. The van der Waals surface area contributed by atoms with Gasteiger partial charge in [-0.25, -0.2) is 9.36 Å². The summed E-state index contributed by atoms with van der Waals surface area (Å²) in [5.41, 5.74) is 0.340. The molecule has 4 rings (SSSR count). The van der Waals surface area contributed by atoms with E-state index in [1.165, 1.54) is 18.7 Å². The lowest BCUT2D eigenvalue weighted by Crippen LogP contribution is -2.41. The van der Waals surface area contributed by atoms with Crippen molar-refractivity contribution in [2.24, 2.45) is 7.05 Å². The SMILES string of the molecule is CCOc1ccc(N2CCCn3c2nc2c3c(=O)n(CC(=O)OC)c(=O)n2C)cc1.